The van der Waals surface area contributed by atoms with Crippen molar-refractivity contribution in [2.75, 3.05) is 13.1 Å². The number of benzene rings is 2. The Kier molecular flexibility index (Phi) is 6.09. The van der Waals surface area contributed by atoms with Crippen molar-refractivity contribution in [1.82, 2.24) is 9.62 Å². The van der Waals surface area contributed by atoms with E-state index >= 15 is 0 Å². The summed E-state index contributed by atoms with van der Waals surface area (Å²) in [7, 11) is -3.38. The molecule has 3 rings (SSSR count). The van der Waals surface area contributed by atoms with E-state index in [0.29, 0.717) is 24.5 Å². The Morgan fingerprint density at radius 1 is 0.962 bits per heavy atom. The van der Waals surface area contributed by atoms with Gasteiger partial charge < -0.3 is 5.32 Å². The van der Waals surface area contributed by atoms with E-state index in [9.17, 15) is 8.42 Å². The first-order chi connectivity index (χ1) is 12.6. The third kappa shape index (κ3) is 3.99. The summed E-state index contributed by atoms with van der Waals surface area (Å²) in [4.78, 5) is 0.355. The standard InChI is InChI=1S/C20H24N2O2S2/c1-3-22(4-2)26(23,24)18-11-9-16(10-12-18)13-21-14-17-15-25-20-8-6-5-7-19(17)20/h5-12,15,21H,3-4,13-14H2,1-2H3. The Labute approximate surface area is 159 Å². The Balaban J connectivity index is 1.63. The van der Waals surface area contributed by atoms with Crippen LogP contribution < -0.4 is 5.32 Å². The average Bonchev–Trinajstić information content (AvgIpc) is 3.06. The lowest BCUT2D eigenvalue weighted by molar-refractivity contribution is 0.445. The number of rotatable bonds is 8. The molecule has 3 aromatic rings. The van der Waals surface area contributed by atoms with E-state index in [4.69, 9.17) is 0 Å². The molecule has 0 saturated heterocycles. The van der Waals surface area contributed by atoms with Gasteiger partial charge in [0.1, 0.15) is 0 Å². The van der Waals surface area contributed by atoms with E-state index in [1.807, 2.05) is 26.0 Å². The van der Waals surface area contributed by atoms with Gasteiger partial charge in [-0.1, -0.05) is 44.2 Å². The molecule has 0 fully saturated rings. The zero-order valence-corrected chi connectivity index (χ0v) is 16.7. The van der Waals surface area contributed by atoms with E-state index in [0.717, 1.165) is 12.1 Å². The highest BCUT2D eigenvalue weighted by Gasteiger charge is 2.21. The fourth-order valence-corrected chi connectivity index (χ4v) is 5.42. The largest absolute Gasteiger partial charge is 0.309 e. The quantitative estimate of drug-likeness (QED) is 0.628. The van der Waals surface area contributed by atoms with Gasteiger partial charge in [0.05, 0.1) is 4.90 Å². The molecule has 4 nitrogen and oxygen atoms in total. The SMILES string of the molecule is CCN(CC)S(=O)(=O)c1ccc(CNCc2csc3ccccc23)cc1. The van der Waals surface area contributed by atoms with Crippen LogP contribution in [0.5, 0.6) is 0 Å². The second-order valence-corrected chi connectivity index (χ2v) is 8.94. The van der Waals surface area contributed by atoms with Gasteiger partial charge in [-0.05, 0) is 40.1 Å². The van der Waals surface area contributed by atoms with Crippen molar-refractivity contribution in [1.29, 1.82) is 0 Å². The number of nitrogens with one attached hydrogen (secondary N) is 1. The zero-order chi connectivity index (χ0) is 18.6. The number of nitrogens with zero attached hydrogens (tertiary/aromatic N) is 1. The maximum atomic E-state index is 12.5. The number of sulfonamides is 1. The number of hydrogen-bond donors (Lipinski definition) is 1. The van der Waals surface area contributed by atoms with Crippen molar-refractivity contribution in [2.24, 2.45) is 0 Å². The summed E-state index contributed by atoms with van der Waals surface area (Å²) in [6, 6.07) is 15.6. The monoisotopic (exact) mass is 388 g/mol. The molecule has 1 heterocycles. The van der Waals surface area contributed by atoms with Crippen molar-refractivity contribution in [3.8, 4) is 0 Å². The van der Waals surface area contributed by atoms with Crippen molar-refractivity contribution < 1.29 is 8.42 Å². The van der Waals surface area contributed by atoms with Crippen LogP contribution in [-0.4, -0.2) is 25.8 Å². The van der Waals surface area contributed by atoms with Gasteiger partial charge in [0.2, 0.25) is 10.0 Å². The fourth-order valence-electron chi connectivity index (χ4n) is 3.00. The highest BCUT2D eigenvalue weighted by atomic mass is 32.2. The van der Waals surface area contributed by atoms with Crippen LogP contribution in [0.3, 0.4) is 0 Å². The molecular weight excluding hydrogens is 364 g/mol. The third-order valence-corrected chi connectivity index (χ3v) is 7.55. The first-order valence-electron chi connectivity index (χ1n) is 8.81. The van der Waals surface area contributed by atoms with Crippen LogP contribution in [0, 0.1) is 0 Å². The van der Waals surface area contributed by atoms with Gasteiger partial charge in [0, 0.05) is 30.9 Å². The minimum atomic E-state index is -3.38. The average molecular weight is 389 g/mol. The van der Waals surface area contributed by atoms with E-state index < -0.39 is 10.0 Å². The van der Waals surface area contributed by atoms with E-state index in [-0.39, 0.29) is 0 Å². The predicted molar refractivity (Wildman–Crippen MR) is 109 cm³/mol. The molecule has 6 heteroatoms. The number of thiophene rings is 1. The molecular formula is C20H24N2O2S2. The molecule has 1 aromatic heterocycles. The van der Waals surface area contributed by atoms with Gasteiger partial charge in [-0.25, -0.2) is 8.42 Å². The molecule has 0 unspecified atom stereocenters. The first kappa shape index (κ1) is 19.0. The van der Waals surface area contributed by atoms with E-state index in [1.54, 1.807) is 23.5 Å². The Hall–Kier alpha value is -1.73. The predicted octanol–water partition coefficient (Wildman–Crippen LogP) is 4.22. The molecule has 0 atom stereocenters. The van der Waals surface area contributed by atoms with Gasteiger partial charge in [0.15, 0.2) is 0 Å². The molecule has 0 bridgehead atoms. The molecule has 0 saturated carbocycles. The van der Waals surface area contributed by atoms with Crippen LogP contribution in [-0.2, 0) is 23.1 Å². The lowest BCUT2D eigenvalue weighted by Crippen LogP contribution is -2.30. The molecule has 0 aliphatic rings. The van der Waals surface area contributed by atoms with Gasteiger partial charge in [0.25, 0.3) is 0 Å². The summed E-state index contributed by atoms with van der Waals surface area (Å²) < 4.78 is 27.8. The highest BCUT2D eigenvalue weighted by Crippen LogP contribution is 2.25. The minimum Gasteiger partial charge on any atom is -0.309 e. The molecule has 0 radical (unpaired) electrons. The Morgan fingerprint density at radius 3 is 2.35 bits per heavy atom. The van der Waals surface area contributed by atoms with E-state index in [2.05, 4.69) is 35.0 Å². The Morgan fingerprint density at radius 2 is 1.65 bits per heavy atom. The fraction of sp³-hybridized carbons (Fsp3) is 0.300. The van der Waals surface area contributed by atoms with E-state index in [1.165, 1.54) is 20.0 Å². The summed E-state index contributed by atoms with van der Waals surface area (Å²) in [6.45, 7) is 6.17. The van der Waals surface area contributed by atoms with Gasteiger partial charge in [-0.3, -0.25) is 0 Å². The first-order valence-corrected chi connectivity index (χ1v) is 11.1. The second kappa shape index (κ2) is 8.31. The number of hydrogen-bond acceptors (Lipinski definition) is 4. The van der Waals surface area contributed by atoms with Gasteiger partial charge in [-0.15, -0.1) is 11.3 Å². The van der Waals surface area contributed by atoms with Crippen LogP contribution >= 0.6 is 11.3 Å². The molecule has 0 spiro atoms. The van der Waals surface area contributed by atoms with Crippen LogP contribution in [0.25, 0.3) is 10.1 Å². The molecule has 26 heavy (non-hydrogen) atoms. The van der Waals surface area contributed by atoms with Crippen LogP contribution in [0.15, 0.2) is 58.8 Å². The molecule has 0 amide bonds. The normalized spacial score (nSPS) is 12.1. The van der Waals surface area contributed by atoms with Gasteiger partial charge >= 0.3 is 0 Å². The molecule has 2 aromatic carbocycles. The van der Waals surface area contributed by atoms with Crippen molar-refractivity contribution in [2.45, 2.75) is 31.8 Å². The number of fused-ring (bicyclic) bond motifs is 1. The maximum Gasteiger partial charge on any atom is 0.243 e. The van der Waals surface area contributed by atoms with Gasteiger partial charge in [-0.2, -0.15) is 4.31 Å². The molecule has 0 aliphatic carbocycles. The third-order valence-electron chi connectivity index (χ3n) is 4.47. The molecule has 1 N–H and O–H groups in total. The summed E-state index contributed by atoms with van der Waals surface area (Å²) in [5.74, 6) is 0. The van der Waals surface area contributed by atoms with Crippen molar-refractivity contribution in [3.05, 3.63) is 65.0 Å². The minimum absolute atomic E-state index is 0.355. The molecule has 0 aliphatic heterocycles. The summed E-state index contributed by atoms with van der Waals surface area (Å²) >= 11 is 1.76. The smallest absolute Gasteiger partial charge is 0.243 e. The summed E-state index contributed by atoms with van der Waals surface area (Å²) in [5.41, 5.74) is 2.37. The molecule has 138 valence electrons. The maximum absolute atomic E-state index is 12.5. The van der Waals surface area contributed by atoms with Crippen LogP contribution in [0.4, 0.5) is 0 Å². The second-order valence-electron chi connectivity index (χ2n) is 6.09. The lowest BCUT2D eigenvalue weighted by Gasteiger charge is -2.18. The van der Waals surface area contributed by atoms with Crippen molar-refractivity contribution in [3.63, 3.8) is 0 Å². The van der Waals surface area contributed by atoms with Crippen LogP contribution in [0.1, 0.15) is 25.0 Å². The summed E-state index contributed by atoms with van der Waals surface area (Å²) in [6.07, 6.45) is 0. The topological polar surface area (TPSA) is 49.4 Å². The Bertz CT molecular complexity index is 959. The lowest BCUT2D eigenvalue weighted by atomic mass is 10.1. The summed E-state index contributed by atoms with van der Waals surface area (Å²) in [5, 5.41) is 6.94. The zero-order valence-electron chi connectivity index (χ0n) is 15.1. The highest BCUT2D eigenvalue weighted by molar-refractivity contribution is 7.89. The van der Waals surface area contributed by atoms with Crippen molar-refractivity contribution >= 4 is 31.4 Å². The van der Waals surface area contributed by atoms with Crippen LogP contribution in [0.2, 0.25) is 0 Å².